The second-order valence-corrected chi connectivity index (χ2v) is 6.35. The van der Waals surface area contributed by atoms with Crippen LogP contribution in [0.15, 0.2) is 54.4 Å². The molecule has 1 radical (unpaired) electrons. The van der Waals surface area contributed by atoms with Crippen LogP contribution in [0.3, 0.4) is 0 Å². The summed E-state index contributed by atoms with van der Waals surface area (Å²) in [6, 6.07) is 15.4. The average molecular weight is 503 g/mol. The Morgan fingerprint density at radius 2 is 1.88 bits per heavy atom. The molecule has 0 saturated carbocycles. The van der Waals surface area contributed by atoms with Gasteiger partial charge < -0.3 is 10.1 Å². The second kappa shape index (κ2) is 10.2. The molecule has 0 atom stereocenters. The summed E-state index contributed by atoms with van der Waals surface area (Å²) >= 11 is 0. The Morgan fingerprint density at radius 1 is 1.21 bits per heavy atom. The van der Waals surface area contributed by atoms with E-state index in [0.29, 0.717) is 0 Å². The number of aromatic nitrogens is 1. The molecule has 2 aromatic rings. The molecular weight excluding hydrogens is 478 g/mol. The molecule has 2 rings (SSSR count). The number of aliphatic hydroxyl groups is 1. The van der Waals surface area contributed by atoms with Gasteiger partial charge in [0.1, 0.15) is 0 Å². The predicted molar refractivity (Wildman–Crippen MR) is 94.3 cm³/mol. The fourth-order valence-corrected chi connectivity index (χ4v) is 1.89. The van der Waals surface area contributed by atoms with E-state index < -0.39 is 0 Å². The molecule has 24 heavy (non-hydrogen) atoms. The van der Waals surface area contributed by atoms with Crippen molar-refractivity contribution in [2.45, 2.75) is 40.0 Å². The number of pyridine rings is 1. The summed E-state index contributed by atoms with van der Waals surface area (Å²) in [6.45, 7) is 9.48. The van der Waals surface area contributed by atoms with Gasteiger partial charge in [-0.3, -0.25) is 4.79 Å². The first kappa shape index (κ1) is 22.2. The fourth-order valence-electron chi connectivity index (χ4n) is 1.89. The summed E-state index contributed by atoms with van der Waals surface area (Å²) in [5.41, 5.74) is 3.50. The van der Waals surface area contributed by atoms with E-state index in [1.807, 2.05) is 30.5 Å². The van der Waals surface area contributed by atoms with Gasteiger partial charge in [-0.1, -0.05) is 26.8 Å². The normalized spacial score (nSPS) is 11.0. The van der Waals surface area contributed by atoms with Crippen LogP contribution in [0.1, 0.15) is 40.2 Å². The third-order valence-corrected chi connectivity index (χ3v) is 3.02. The van der Waals surface area contributed by atoms with Crippen LogP contribution in [0.4, 0.5) is 0 Å². The van der Waals surface area contributed by atoms with Crippen LogP contribution in [-0.2, 0) is 30.3 Å². The molecule has 1 heterocycles. The van der Waals surface area contributed by atoms with E-state index in [1.54, 1.807) is 0 Å². The Labute approximate surface area is 158 Å². The molecule has 131 valence electrons. The quantitative estimate of drug-likeness (QED) is 0.362. The largest absolute Gasteiger partial charge is 0.512 e. The molecule has 0 spiro atoms. The Bertz CT molecular complexity index is 670. The number of ketones is 1. The van der Waals surface area contributed by atoms with Gasteiger partial charge in [0.15, 0.2) is 5.78 Å². The van der Waals surface area contributed by atoms with Crippen molar-refractivity contribution in [2.75, 3.05) is 0 Å². The Balaban J connectivity index is 0.000000570. The molecule has 0 aliphatic rings. The number of benzene rings is 1. The summed E-state index contributed by atoms with van der Waals surface area (Å²) in [5, 5.41) is 8.36. The topological polar surface area (TPSA) is 50.2 Å². The molecule has 0 amide bonds. The predicted octanol–water partition coefficient (Wildman–Crippen LogP) is 4.88. The van der Waals surface area contributed by atoms with E-state index in [-0.39, 0.29) is 37.1 Å². The number of nitrogens with zero attached hydrogens (tertiary/aromatic N) is 1. The van der Waals surface area contributed by atoms with Crippen molar-refractivity contribution in [1.82, 2.24) is 4.98 Å². The van der Waals surface area contributed by atoms with Crippen molar-refractivity contribution in [3.8, 4) is 11.3 Å². The zero-order valence-corrected chi connectivity index (χ0v) is 17.1. The van der Waals surface area contributed by atoms with Gasteiger partial charge >= 0.3 is 0 Å². The number of hydrogen-bond acceptors (Lipinski definition) is 3. The van der Waals surface area contributed by atoms with Crippen molar-refractivity contribution >= 4 is 5.78 Å². The van der Waals surface area contributed by atoms with Crippen molar-refractivity contribution < 1.29 is 30.0 Å². The molecular formula is C20H24IrNO2-. The third kappa shape index (κ3) is 8.19. The summed E-state index contributed by atoms with van der Waals surface area (Å²) in [5.74, 6) is -0.0625. The van der Waals surface area contributed by atoms with Crippen molar-refractivity contribution in [3.63, 3.8) is 0 Å². The molecule has 0 aliphatic carbocycles. The Kier molecular flexibility index (Phi) is 9.42. The third-order valence-electron chi connectivity index (χ3n) is 3.02. The minimum atomic E-state index is -0.125. The molecule has 0 bridgehead atoms. The molecule has 1 N–H and O–H groups in total. The minimum absolute atomic E-state index is 0. The van der Waals surface area contributed by atoms with E-state index in [2.05, 4.69) is 44.0 Å². The van der Waals surface area contributed by atoms with Gasteiger partial charge in [0.05, 0.1) is 5.76 Å². The zero-order chi connectivity index (χ0) is 17.5. The molecule has 4 heteroatoms. The van der Waals surface area contributed by atoms with Crippen LogP contribution in [0, 0.1) is 6.07 Å². The van der Waals surface area contributed by atoms with E-state index in [9.17, 15) is 4.79 Å². The standard InChI is InChI=1S/C15H16N.C5H8O2.Ir/c1-15(2,3)13-9-10-16-14(11-13)12-7-5-4-6-8-12;1-4(6)3-5(2)7;/h4-7,9-11H,1-3H3;3,6H,1-2H3;/q-1;;. The Hall–Kier alpha value is -1.77. The molecule has 0 fully saturated rings. The van der Waals surface area contributed by atoms with Crippen molar-refractivity contribution in [3.05, 3.63) is 66.1 Å². The SMILES string of the molecule is CC(=O)C=C(C)O.CC(C)(C)c1ccnc(-c2[c-]cccc2)c1.[Ir]. The first-order valence-electron chi connectivity index (χ1n) is 7.51. The molecule has 1 aromatic heterocycles. The van der Waals surface area contributed by atoms with Gasteiger partial charge in [-0.2, -0.15) is 0 Å². The maximum atomic E-state index is 10.0. The molecule has 0 aliphatic heterocycles. The summed E-state index contributed by atoms with van der Waals surface area (Å²) < 4.78 is 0. The number of carbonyl (C=O) groups excluding carboxylic acids is 1. The van der Waals surface area contributed by atoms with Crippen molar-refractivity contribution in [2.24, 2.45) is 0 Å². The first-order valence-corrected chi connectivity index (χ1v) is 7.51. The van der Waals surface area contributed by atoms with Gasteiger partial charge in [0.2, 0.25) is 0 Å². The summed E-state index contributed by atoms with van der Waals surface area (Å²) in [4.78, 5) is 14.4. The molecule has 0 unspecified atom stereocenters. The van der Waals surface area contributed by atoms with Crippen molar-refractivity contribution in [1.29, 1.82) is 0 Å². The zero-order valence-electron chi connectivity index (χ0n) is 14.8. The van der Waals surface area contributed by atoms with Crippen LogP contribution in [-0.4, -0.2) is 15.9 Å². The van der Waals surface area contributed by atoms with Gasteiger partial charge in [-0.15, -0.1) is 35.9 Å². The first-order chi connectivity index (χ1) is 10.7. The maximum absolute atomic E-state index is 10.0. The van der Waals surface area contributed by atoms with Crippen LogP contribution < -0.4 is 0 Å². The number of rotatable bonds is 2. The molecule has 0 saturated heterocycles. The van der Waals surface area contributed by atoms with E-state index in [4.69, 9.17) is 5.11 Å². The minimum Gasteiger partial charge on any atom is -0.512 e. The van der Waals surface area contributed by atoms with E-state index in [1.165, 1.54) is 25.5 Å². The monoisotopic (exact) mass is 503 g/mol. The van der Waals surface area contributed by atoms with E-state index >= 15 is 0 Å². The Morgan fingerprint density at radius 3 is 2.29 bits per heavy atom. The van der Waals surface area contributed by atoms with Gasteiger partial charge in [-0.25, -0.2) is 0 Å². The second-order valence-electron chi connectivity index (χ2n) is 6.35. The van der Waals surface area contributed by atoms with E-state index in [0.717, 1.165) is 11.3 Å². The number of allylic oxidation sites excluding steroid dienone is 2. The number of carbonyl (C=O) groups is 1. The fraction of sp³-hybridized carbons (Fsp3) is 0.300. The van der Waals surface area contributed by atoms with Gasteiger partial charge in [-0.05, 0) is 36.6 Å². The maximum Gasteiger partial charge on any atom is 0.155 e. The van der Waals surface area contributed by atoms with Crippen LogP contribution in [0.2, 0.25) is 0 Å². The smallest absolute Gasteiger partial charge is 0.155 e. The van der Waals surface area contributed by atoms with Crippen LogP contribution in [0.5, 0.6) is 0 Å². The molecule has 1 aromatic carbocycles. The van der Waals surface area contributed by atoms with Gasteiger partial charge in [0.25, 0.3) is 0 Å². The van der Waals surface area contributed by atoms with Crippen LogP contribution in [0.25, 0.3) is 11.3 Å². The summed E-state index contributed by atoms with van der Waals surface area (Å²) in [7, 11) is 0. The molecule has 3 nitrogen and oxygen atoms in total. The van der Waals surface area contributed by atoms with Crippen LogP contribution >= 0.6 is 0 Å². The average Bonchev–Trinajstić information content (AvgIpc) is 2.47. The summed E-state index contributed by atoms with van der Waals surface area (Å²) in [6.07, 6.45) is 3.04. The van der Waals surface area contributed by atoms with Gasteiger partial charge in [0, 0.05) is 32.4 Å². The number of aliphatic hydroxyl groups excluding tert-OH is 1. The number of hydrogen-bond donors (Lipinski definition) is 1.